The molecule has 0 amide bonds. The summed E-state index contributed by atoms with van der Waals surface area (Å²) in [7, 11) is 4.43. The molecule has 0 aromatic carbocycles. The Morgan fingerprint density at radius 2 is 1.81 bits per heavy atom. The molecule has 0 aromatic rings. The van der Waals surface area contributed by atoms with E-state index in [1.54, 1.807) is 0 Å². The third kappa shape index (κ3) is 3.74. The molecule has 0 radical (unpaired) electrons. The molecule has 0 bridgehead atoms. The number of hydrogen-bond acceptors (Lipinski definition) is 2. The highest BCUT2D eigenvalue weighted by molar-refractivity contribution is 4.87. The van der Waals surface area contributed by atoms with Gasteiger partial charge in [-0.1, -0.05) is 19.3 Å². The molecule has 2 aliphatic carbocycles. The molecule has 1 atom stereocenters. The average molecular weight is 224 g/mol. The van der Waals surface area contributed by atoms with Crippen LogP contribution in [-0.4, -0.2) is 38.1 Å². The molecule has 2 saturated carbocycles. The van der Waals surface area contributed by atoms with Gasteiger partial charge in [-0.3, -0.25) is 0 Å². The largest absolute Gasteiger partial charge is 0.315 e. The lowest BCUT2D eigenvalue weighted by Gasteiger charge is -2.29. The molecule has 0 saturated heterocycles. The average Bonchev–Trinajstić information content (AvgIpc) is 3.11. The van der Waals surface area contributed by atoms with E-state index in [1.165, 1.54) is 58.0 Å². The van der Waals surface area contributed by atoms with Gasteiger partial charge in [0.25, 0.3) is 0 Å². The lowest BCUT2D eigenvalue weighted by molar-refractivity contribution is 0.212. The van der Waals surface area contributed by atoms with Gasteiger partial charge >= 0.3 is 0 Å². The normalized spacial score (nSPS) is 24.9. The Balaban J connectivity index is 1.67. The number of hydrogen-bond donors (Lipinski definition) is 1. The van der Waals surface area contributed by atoms with Crippen molar-refractivity contribution >= 4 is 0 Å². The summed E-state index contributed by atoms with van der Waals surface area (Å²) in [5.74, 6) is 1.95. The Hall–Kier alpha value is -0.0800. The summed E-state index contributed by atoms with van der Waals surface area (Å²) in [5.41, 5.74) is 0. The summed E-state index contributed by atoms with van der Waals surface area (Å²) in [5, 5.41) is 3.49. The highest BCUT2D eigenvalue weighted by atomic mass is 15.1. The van der Waals surface area contributed by atoms with Crippen molar-refractivity contribution < 1.29 is 0 Å². The van der Waals surface area contributed by atoms with Gasteiger partial charge in [0, 0.05) is 19.1 Å². The molecule has 2 aliphatic rings. The second-order valence-electron chi connectivity index (χ2n) is 5.96. The van der Waals surface area contributed by atoms with E-state index in [2.05, 4.69) is 24.3 Å². The predicted octanol–water partition coefficient (Wildman–Crippen LogP) is 2.50. The first kappa shape index (κ1) is 12.4. The minimum absolute atomic E-state index is 0.744. The number of likely N-dealkylation sites (N-methyl/N-ethyl adjacent to an activating group) is 2. The molecule has 0 spiro atoms. The zero-order chi connectivity index (χ0) is 11.4. The molecule has 2 nitrogen and oxygen atoms in total. The Kier molecular flexibility index (Phi) is 4.66. The molecule has 2 fully saturated rings. The first-order chi connectivity index (χ1) is 7.79. The van der Waals surface area contributed by atoms with Crippen molar-refractivity contribution in [3.05, 3.63) is 0 Å². The second-order valence-corrected chi connectivity index (χ2v) is 5.96. The summed E-state index contributed by atoms with van der Waals surface area (Å²) in [4.78, 5) is 2.56. The van der Waals surface area contributed by atoms with Crippen molar-refractivity contribution in [2.75, 3.05) is 27.2 Å². The van der Waals surface area contributed by atoms with E-state index in [4.69, 9.17) is 0 Å². The summed E-state index contributed by atoms with van der Waals surface area (Å²) in [6.07, 6.45) is 10.2. The van der Waals surface area contributed by atoms with E-state index >= 15 is 0 Å². The van der Waals surface area contributed by atoms with Crippen molar-refractivity contribution in [3.8, 4) is 0 Å². The smallest absolute Gasteiger partial charge is 0.0220 e. The molecule has 1 unspecified atom stereocenters. The Morgan fingerprint density at radius 1 is 1.12 bits per heavy atom. The van der Waals surface area contributed by atoms with Crippen LogP contribution in [0.25, 0.3) is 0 Å². The summed E-state index contributed by atoms with van der Waals surface area (Å²) < 4.78 is 0. The predicted molar refractivity (Wildman–Crippen MR) is 69.6 cm³/mol. The number of rotatable bonds is 6. The topological polar surface area (TPSA) is 15.3 Å². The minimum Gasteiger partial charge on any atom is -0.315 e. The van der Waals surface area contributed by atoms with E-state index in [9.17, 15) is 0 Å². The first-order valence-electron chi connectivity index (χ1n) is 7.15. The zero-order valence-corrected chi connectivity index (χ0v) is 11.0. The van der Waals surface area contributed by atoms with Crippen LogP contribution < -0.4 is 5.32 Å². The molecule has 0 aliphatic heterocycles. The quantitative estimate of drug-likeness (QED) is 0.746. The van der Waals surface area contributed by atoms with Gasteiger partial charge < -0.3 is 10.2 Å². The number of nitrogens with zero attached hydrogens (tertiary/aromatic N) is 1. The molecular weight excluding hydrogens is 196 g/mol. The second kappa shape index (κ2) is 6.02. The van der Waals surface area contributed by atoms with E-state index in [-0.39, 0.29) is 0 Å². The third-order valence-corrected chi connectivity index (χ3v) is 4.36. The van der Waals surface area contributed by atoms with Gasteiger partial charge in [-0.15, -0.1) is 0 Å². The van der Waals surface area contributed by atoms with Crippen molar-refractivity contribution in [1.82, 2.24) is 10.2 Å². The van der Waals surface area contributed by atoms with Crippen molar-refractivity contribution in [2.24, 2.45) is 11.8 Å². The van der Waals surface area contributed by atoms with Crippen molar-refractivity contribution in [3.63, 3.8) is 0 Å². The Bertz CT molecular complexity index is 195. The van der Waals surface area contributed by atoms with Crippen LogP contribution in [-0.2, 0) is 0 Å². The van der Waals surface area contributed by atoms with Gasteiger partial charge in [-0.05, 0) is 51.6 Å². The van der Waals surface area contributed by atoms with Crippen LogP contribution in [0.5, 0.6) is 0 Å². The monoisotopic (exact) mass is 224 g/mol. The molecule has 0 heterocycles. The van der Waals surface area contributed by atoms with Gasteiger partial charge in [0.2, 0.25) is 0 Å². The maximum atomic E-state index is 3.49. The number of nitrogens with one attached hydrogen (secondary N) is 1. The van der Waals surface area contributed by atoms with Gasteiger partial charge in [0.1, 0.15) is 0 Å². The lowest BCUT2D eigenvalue weighted by Crippen LogP contribution is -2.41. The molecule has 0 aromatic heterocycles. The fraction of sp³-hybridized carbons (Fsp3) is 1.00. The van der Waals surface area contributed by atoms with Crippen LogP contribution in [0.4, 0.5) is 0 Å². The SMILES string of the molecule is CNC(CN(C)CC1CCCCC1)C1CC1. The molecule has 2 heteroatoms. The highest BCUT2D eigenvalue weighted by Gasteiger charge is 2.30. The van der Waals surface area contributed by atoms with E-state index in [0.717, 1.165) is 17.9 Å². The van der Waals surface area contributed by atoms with Crippen LogP contribution in [0.2, 0.25) is 0 Å². The van der Waals surface area contributed by atoms with Crippen molar-refractivity contribution in [2.45, 2.75) is 51.0 Å². The maximum Gasteiger partial charge on any atom is 0.0220 e. The summed E-state index contributed by atoms with van der Waals surface area (Å²) >= 11 is 0. The lowest BCUT2D eigenvalue weighted by atomic mass is 9.89. The van der Waals surface area contributed by atoms with Crippen LogP contribution in [0.1, 0.15) is 44.9 Å². The highest BCUT2D eigenvalue weighted by Crippen LogP contribution is 2.33. The Labute approximate surface area is 101 Å². The van der Waals surface area contributed by atoms with Gasteiger partial charge in [-0.2, -0.15) is 0 Å². The van der Waals surface area contributed by atoms with E-state index in [0.29, 0.717) is 0 Å². The molecule has 1 N–H and O–H groups in total. The zero-order valence-electron chi connectivity index (χ0n) is 11.0. The minimum atomic E-state index is 0.744. The van der Waals surface area contributed by atoms with E-state index in [1.807, 2.05) is 0 Å². The first-order valence-corrected chi connectivity index (χ1v) is 7.15. The fourth-order valence-corrected chi connectivity index (χ4v) is 3.20. The van der Waals surface area contributed by atoms with Crippen LogP contribution in [0, 0.1) is 11.8 Å². The fourth-order valence-electron chi connectivity index (χ4n) is 3.20. The van der Waals surface area contributed by atoms with Crippen molar-refractivity contribution in [1.29, 1.82) is 0 Å². The van der Waals surface area contributed by atoms with Gasteiger partial charge in [0.05, 0.1) is 0 Å². The third-order valence-electron chi connectivity index (χ3n) is 4.36. The molecule has 94 valence electrons. The molecule has 2 rings (SSSR count). The van der Waals surface area contributed by atoms with Crippen LogP contribution in [0.15, 0.2) is 0 Å². The molecule has 16 heavy (non-hydrogen) atoms. The van der Waals surface area contributed by atoms with Crippen LogP contribution in [0.3, 0.4) is 0 Å². The summed E-state index contributed by atoms with van der Waals surface area (Å²) in [6.45, 7) is 2.57. The summed E-state index contributed by atoms with van der Waals surface area (Å²) in [6, 6.07) is 0.744. The van der Waals surface area contributed by atoms with Crippen LogP contribution >= 0.6 is 0 Å². The standard InChI is InChI=1S/C14H28N2/c1-15-14(13-8-9-13)11-16(2)10-12-6-4-3-5-7-12/h12-15H,3-11H2,1-2H3. The van der Waals surface area contributed by atoms with Gasteiger partial charge in [-0.25, -0.2) is 0 Å². The molecular formula is C14H28N2. The Morgan fingerprint density at radius 3 is 2.38 bits per heavy atom. The maximum absolute atomic E-state index is 3.49. The van der Waals surface area contributed by atoms with E-state index < -0.39 is 0 Å². The van der Waals surface area contributed by atoms with Gasteiger partial charge in [0.15, 0.2) is 0 Å².